The first-order valence-electron chi connectivity index (χ1n) is 4.55. The molecule has 0 amide bonds. The lowest BCUT2D eigenvalue weighted by molar-refractivity contribution is 0.286. The Labute approximate surface area is 79.6 Å². The van der Waals surface area contributed by atoms with E-state index in [-0.39, 0.29) is 6.61 Å². The number of rotatable bonds is 5. The molecule has 0 unspecified atom stereocenters. The zero-order valence-electron chi connectivity index (χ0n) is 7.79. The molecule has 13 heavy (non-hydrogen) atoms. The molecule has 2 nitrogen and oxygen atoms in total. The van der Waals surface area contributed by atoms with Crippen LogP contribution in [0.3, 0.4) is 0 Å². The highest BCUT2D eigenvalue weighted by atomic mass is 16.3. The van der Waals surface area contributed by atoms with E-state index in [9.17, 15) is 0 Å². The van der Waals surface area contributed by atoms with Crippen LogP contribution < -0.4 is 5.32 Å². The normalized spacial score (nSPS) is 10.3. The van der Waals surface area contributed by atoms with Crippen molar-refractivity contribution in [2.24, 2.45) is 0 Å². The van der Waals surface area contributed by atoms with E-state index in [1.807, 2.05) is 12.1 Å². The molecule has 0 atom stereocenters. The summed E-state index contributed by atoms with van der Waals surface area (Å²) in [6.45, 7) is 5.80. The van der Waals surface area contributed by atoms with Crippen LogP contribution in [0.25, 0.3) is 0 Å². The summed E-state index contributed by atoms with van der Waals surface area (Å²) in [5.74, 6) is 0. The minimum absolute atomic E-state index is 0.255. The van der Waals surface area contributed by atoms with Crippen LogP contribution >= 0.6 is 0 Å². The highest BCUT2D eigenvalue weighted by molar-refractivity contribution is 5.23. The largest absolute Gasteiger partial charge is 0.396 e. The van der Waals surface area contributed by atoms with Crippen molar-refractivity contribution >= 4 is 0 Å². The predicted octanol–water partition coefficient (Wildman–Crippen LogP) is 1.34. The second kappa shape index (κ2) is 5.73. The standard InChI is InChI=1S/C11H16NO/c1-10-3-5-11(6-4-10)9-12-7-2-8-13/h3-6,12-13H,1-2,7-9H2. The molecule has 0 aromatic heterocycles. The number of aliphatic hydroxyl groups is 1. The van der Waals surface area contributed by atoms with Crippen molar-refractivity contribution < 1.29 is 5.11 Å². The summed E-state index contributed by atoms with van der Waals surface area (Å²) in [6, 6.07) is 8.13. The van der Waals surface area contributed by atoms with E-state index in [2.05, 4.69) is 24.4 Å². The summed E-state index contributed by atoms with van der Waals surface area (Å²) in [4.78, 5) is 0. The molecule has 0 bridgehead atoms. The van der Waals surface area contributed by atoms with Gasteiger partial charge in [-0.15, -0.1) is 0 Å². The Morgan fingerprint density at radius 2 is 1.92 bits per heavy atom. The Kier molecular flexibility index (Phi) is 4.50. The van der Waals surface area contributed by atoms with Crippen molar-refractivity contribution in [2.45, 2.75) is 13.0 Å². The third-order valence-corrected chi connectivity index (χ3v) is 1.86. The number of aliphatic hydroxyl groups excluding tert-OH is 1. The zero-order valence-corrected chi connectivity index (χ0v) is 7.79. The first-order chi connectivity index (χ1) is 6.33. The van der Waals surface area contributed by atoms with Crippen LogP contribution in [-0.4, -0.2) is 18.3 Å². The van der Waals surface area contributed by atoms with Gasteiger partial charge >= 0.3 is 0 Å². The highest BCUT2D eigenvalue weighted by Gasteiger charge is 1.91. The Balaban J connectivity index is 2.25. The number of hydrogen-bond acceptors (Lipinski definition) is 2. The topological polar surface area (TPSA) is 32.3 Å². The molecule has 0 aliphatic carbocycles. The van der Waals surface area contributed by atoms with Gasteiger partial charge in [-0.2, -0.15) is 0 Å². The van der Waals surface area contributed by atoms with Crippen molar-refractivity contribution in [3.05, 3.63) is 42.3 Å². The lowest BCUT2D eigenvalue weighted by Gasteiger charge is -2.03. The lowest BCUT2D eigenvalue weighted by Crippen LogP contribution is -2.15. The van der Waals surface area contributed by atoms with Crippen LogP contribution in [-0.2, 0) is 6.54 Å². The van der Waals surface area contributed by atoms with Crippen LogP contribution in [0.15, 0.2) is 24.3 Å². The second-order valence-electron chi connectivity index (χ2n) is 3.07. The van der Waals surface area contributed by atoms with E-state index in [0.717, 1.165) is 25.1 Å². The van der Waals surface area contributed by atoms with Gasteiger partial charge in [-0.1, -0.05) is 24.3 Å². The van der Waals surface area contributed by atoms with Gasteiger partial charge in [0.15, 0.2) is 0 Å². The molecule has 0 spiro atoms. The molecule has 71 valence electrons. The fourth-order valence-electron chi connectivity index (χ4n) is 1.09. The number of nitrogens with one attached hydrogen (secondary N) is 1. The Bertz CT molecular complexity index is 230. The minimum Gasteiger partial charge on any atom is -0.396 e. The van der Waals surface area contributed by atoms with E-state index in [4.69, 9.17) is 5.11 Å². The van der Waals surface area contributed by atoms with Crippen molar-refractivity contribution in [3.8, 4) is 0 Å². The molecule has 2 heteroatoms. The fraction of sp³-hybridized carbons (Fsp3) is 0.364. The third-order valence-electron chi connectivity index (χ3n) is 1.86. The van der Waals surface area contributed by atoms with Gasteiger partial charge in [-0.25, -0.2) is 0 Å². The molecule has 1 radical (unpaired) electrons. The first-order valence-corrected chi connectivity index (χ1v) is 4.55. The maximum atomic E-state index is 8.55. The van der Waals surface area contributed by atoms with Gasteiger partial charge in [0, 0.05) is 13.2 Å². The highest BCUT2D eigenvalue weighted by Crippen LogP contribution is 2.02. The van der Waals surface area contributed by atoms with Gasteiger partial charge in [-0.05, 0) is 31.0 Å². The van der Waals surface area contributed by atoms with E-state index in [1.165, 1.54) is 5.56 Å². The maximum Gasteiger partial charge on any atom is 0.0443 e. The summed E-state index contributed by atoms with van der Waals surface area (Å²) in [5.41, 5.74) is 2.30. The predicted molar refractivity (Wildman–Crippen MR) is 54.3 cm³/mol. The van der Waals surface area contributed by atoms with Crippen LogP contribution in [0.5, 0.6) is 0 Å². The van der Waals surface area contributed by atoms with Crippen LogP contribution in [0.2, 0.25) is 0 Å². The molecule has 2 N–H and O–H groups in total. The molecule has 1 aromatic rings. The average molecular weight is 178 g/mol. The smallest absolute Gasteiger partial charge is 0.0443 e. The number of hydrogen-bond donors (Lipinski definition) is 2. The molecule has 1 rings (SSSR count). The van der Waals surface area contributed by atoms with Gasteiger partial charge in [0.25, 0.3) is 0 Å². The number of benzene rings is 1. The molecular formula is C11H16NO. The van der Waals surface area contributed by atoms with Crippen LogP contribution in [0.1, 0.15) is 17.5 Å². The van der Waals surface area contributed by atoms with E-state index in [0.29, 0.717) is 0 Å². The zero-order chi connectivity index (χ0) is 9.52. The quantitative estimate of drug-likeness (QED) is 0.667. The van der Waals surface area contributed by atoms with Gasteiger partial charge in [0.2, 0.25) is 0 Å². The van der Waals surface area contributed by atoms with Crippen LogP contribution in [0, 0.1) is 6.92 Å². The SMILES string of the molecule is [CH2]c1ccc(CNCCCO)cc1. The van der Waals surface area contributed by atoms with Gasteiger partial charge in [0.05, 0.1) is 0 Å². The van der Waals surface area contributed by atoms with Crippen molar-refractivity contribution in [2.75, 3.05) is 13.2 Å². The van der Waals surface area contributed by atoms with E-state index in [1.54, 1.807) is 0 Å². The second-order valence-corrected chi connectivity index (χ2v) is 3.07. The monoisotopic (exact) mass is 178 g/mol. The summed E-state index contributed by atoms with van der Waals surface area (Å²) in [6.07, 6.45) is 0.813. The third kappa shape index (κ3) is 4.06. The summed E-state index contributed by atoms with van der Waals surface area (Å²) >= 11 is 0. The molecule has 0 aliphatic rings. The van der Waals surface area contributed by atoms with Crippen LogP contribution in [0.4, 0.5) is 0 Å². The summed E-state index contributed by atoms with van der Waals surface area (Å²) in [7, 11) is 0. The van der Waals surface area contributed by atoms with E-state index < -0.39 is 0 Å². The Morgan fingerprint density at radius 3 is 2.54 bits per heavy atom. The first kappa shape index (κ1) is 10.2. The van der Waals surface area contributed by atoms with Gasteiger partial charge in [0.1, 0.15) is 0 Å². The molecule has 0 heterocycles. The molecule has 0 saturated carbocycles. The molecule has 0 fully saturated rings. The molecule has 0 saturated heterocycles. The lowest BCUT2D eigenvalue weighted by atomic mass is 10.1. The Morgan fingerprint density at radius 1 is 1.23 bits per heavy atom. The summed E-state index contributed by atoms with van der Waals surface area (Å²) < 4.78 is 0. The Hall–Kier alpha value is -0.860. The van der Waals surface area contributed by atoms with Crippen molar-refractivity contribution in [3.63, 3.8) is 0 Å². The summed E-state index contributed by atoms with van der Waals surface area (Å²) in [5, 5.41) is 11.8. The average Bonchev–Trinajstić information content (AvgIpc) is 2.15. The van der Waals surface area contributed by atoms with Crippen molar-refractivity contribution in [1.82, 2.24) is 5.32 Å². The minimum atomic E-state index is 0.255. The molecule has 1 aromatic carbocycles. The fourth-order valence-corrected chi connectivity index (χ4v) is 1.09. The molecular weight excluding hydrogens is 162 g/mol. The molecule has 0 aliphatic heterocycles. The van der Waals surface area contributed by atoms with Gasteiger partial charge in [-0.3, -0.25) is 0 Å². The van der Waals surface area contributed by atoms with Gasteiger partial charge < -0.3 is 10.4 Å². The van der Waals surface area contributed by atoms with E-state index >= 15 is 0 Å². The van der Waals surface area contributed by atoms with Crippen molar-refractivity contribution in [1.29, 1.82) is 0 Å². The maximum absolute atomic E-state index is 8.55.